The first-order valence-electron chi connectivity index (χ1n) is 8.36. The van der Waals surface area contributed by atoms with E-state index in [1.165, 1.54) is 49.6 Å². The van der Waals surface area contributed by atoms with Crippen LogP contribution >= 0.6 is 23.2 Å². The number of rotatable bonds is 5. The SMILES string of the molecule is CNC(=O)Nc1ccc(NS(=O)(=O)c2ccc(-n3ncc(Cl)c(Cl)c3=O)cc2)cc1. The summed E-state index contributed by atoms with van der Waals surface area (Å²) < 4.78 is 28.7. The van der Waals surface area contributed by atoms with Crippen molar-refractivity contribution in [3.63, 3.8) is 0 Å². The van der Waals surface area contributed by atoms with Gasteiger partial charge in [0.05, 0.1) is 21.8 Å². The topological polar surface area (TPSA) is 122 Å². The molecule has 9 nitrogen and oxygen atoms in total. The Hall–Kier alpha value is -3.08. The Kier molecular flexibility index (Phi) is 6.30. The van der Waals surface area contributed by atoms with Gasteiger partial charge in [-0.3, -0.25) is 9.52 Å². The zero-order valence-corrected chi connectivity index (χ0v) is 17.7. The number of carbonyl (C=O) groups excluding carboxylic acids is 1. The number of benzene rings is 2. The van der Waals surface area contributed by atoms with E-state index in [0.717, 1.165) is 4.68 Å². The molecule has 2 aromatic carbocycles. The Bertz CT molecular complexity index is 1240. The third-order valence-electron chi connectivity index (χ3n) is 3.89. The van der Waals surface area contributed by atoms with Crippen LogP contribution in [-0.4, -0.2) is 31.3 Å². The molecule has 156 valence electrons. The molecule has 0 radical (unpaired) electrons. The quantitative estimate of drug-likeness (QED) is 0.531. The van der Waals surface area contributed by atoms with Crippen molar-refractivity contribution in [3.8, 4) is 5.69 Å². The maximum atomic E-state index is 12.6. The number of nitrogens with one attached hydrogen (secondary N) is 3. The molecular weight excluding hydrogens is 453 g/mol. The average Bonchev–Trinajstić information content (AvgIpc) is 2.73. The minimum absolute atomic E-state index is 0.0214. The molecule has 3 aromatic rings. The lowest BCUT2D eigenvalue weighted by atomic mass is 10.3. The molecule has 12 heteroatoms. The Morgan fingerprint density at radius 3 is 2.20 bits per heavy atom. The molecule has 0 saturated carbocycles. The molecule has 0 spiro atoms. The maximum Gasteiger partial charge on any atom is 0.318 e. The summed E-state index contributed by atoms with van der Waals surface area (Å²) >= 11 is 11.6. The molecule has 0 aliphatic carbocycles. The molecule has 3 N–H and O–H groups in total. The van der Waals surface area contributed by atoms with Gasteiger partial charge in [0.15, 0.2) is 0 Å². The van der Waals surface area contributed by atoms with Crippen molar-refractivity contribution in [1.29, 1.82) is 0 Å². The molecule has 0 aliphatic heterocycles. The van der Waals surface area contributed by atoms with Crippen LogP contribution in [0.4, 0.5) is 16.2 Å². The van der Waals surface area contributed by atoms with Crippen molar-refractivity contribution in [2.45, 2.75) is 4.90 Å². The van der Waals surface area contributed by atoms with Crippen molar-refractivity contribution in [2.24, 2.45) is 0 Å². The first-order chi connectivity index (χ1) is 14.2. The van der Waals surface area contributed by atoms with E-state index in [4.69, 9.17) is 23.2 Å². The fourth-order valence-corrected chi connectivity index (χ4v) is 3.70. The van der Waals surface area contributed by atoms with Crippen LogP contribution in [0.15, 0.2) is 64.4 Å². The van der Waals surface area contributed by atoms with E-state index < -0.39 is 15.6 Å². The van der Waals surface area contributed by atoms with Gasteiger partial charge in [-0.1, -0.05) is 23.2 Å². The van der Waals surface area contributed by atoms with Crippen molar-refractivity contribution in [1.82, 2.24) is 15.1 Å². The molecule has 0 saturated heterocycles. The predicted octanol–water partition coefficient (Wildman–Crippen LogP) is 3.09. The zero-order chi connectivity index (χ0) is 21.9. The van der Waals surface area contributed by atoms with Gasteiger partial charge in [-0.25, -0.2) is 13.2 Å². The van der Waals surface area contributed by atoms with E-state index in [-0.39, 0.29) is 21.0 Å². The summed E-state index contributed by atoms with van der Waals surface area (Å²) in [6.45, 7) is 0. The van der Waals surface area contributed by atoms with Gasteiger partial charge in [0.25, 0.3) is 15.6 Å². The molecule has 3 rings (SSSR count). The fourth-order valence-electron chi connectivity index (χ4n) is 2.39. The van der Waals surface area contributed by atoms with Gasteiger partial charge >= 0.3 is 6.03 Å². The van der Waals surface area contributed by atoms with Crippen LogP contribution in [0, 0.1) is 0 Å². The summed E-state index contributed by atoms with van der Waals surface area (Å²) in [6.07, 6.45) is 1.22. The highest BCUT2D eigenvalue weighted by molar-refractivity contribution is 7.92. The molecule has 30 heavy (non-hydrogen) atoms. The van der Waals surface area contributed by atoms with Gasteiger partial charge in [0, 0.05) is 18.4 Å². The number of hydrogen-bond acceptors (Lipinski definition) is 5. The lowest BCUT2D eigenvalue weighted by Crippen LogP contribution is -2.24. The van der Waals surface area contributed by atoms with Gasteiger partial charge in [-0.05, 0) is 48.5 Å². The van der Waals surface area contributed by atoms with Crippen LogP contribution in [0.2, 0.25) is 10.0 Å². The van der Waals surface area contributed by atoms with Crippen molar-refractivity contribution >= 4 is 50.6 Å². The van der Waals surface area contributed by atoms with Crippen LogP contribution < -0.4 is 20.9 Å². The zero-order valence-electron chi connectivity index (χ0n) is 15.4. The Morgan fingerprint density at radius 2 is 1.60 bits per heavy atom. The molecule has 0 aliphatic rings. The fraction of sp³-hybridized carbons (Fsp3) is 0.0556. The number of carbonyl (C=O) groups is 1. The van der Waals surface area contributed by atoms with Crippen LogP contribution in [0.1, 0.15) is 0 Å². The third-order valence-corrected chi connectivity index (χ3v) is 6.04. The van der Waals surface area contributed by atoms with E-state index >= 15 is 0 Å². The van der Waals surface area contributed by atoms with Crippen molar-refractivity contribution in [2.75, 3.05) is 17.1 Å². The lowest BCUT2D eigenvalue weighted by Gasteiger charge is -2.10. The Balaban J connectivity index is 1.79. The number of halogens is 2. The largest absolute Gasteiger partial charge is 0.341 e. The van der Waals surface area contributed by atoms with Crippen LogP contribution in [0.25, 0.3) is 5.69 Å². The summed E-state index contributed by atoms with van der Waals surface area (Å²) in [5.74, 6) is 0. The normalized spacial score (nSPS) is 11.0. The van der Waals surface area contributed by atoms with E-state index in [1.54, 1.807) is 12.1 Å². The second-order valence-electron chi connectivity index (χ2n) is 5.90. The minimum Gasteiger partial charge on any atom is -0.341 e. The van der Waals surface area contributed by atoms with Gasteiger partial charge in [0.2, 0.25) is 0 Å². The average molecular weight is 468 g/mol. The Labute approximate surface area is 181 Å². The van der Waals surface area contributed by atoms with E-state index in [0.29, 0.717) is 17.1 Å². The third kappa shape index (κ3) is 4.73. The van der Waals surface area contributed by atoms with Crippen LogP contribution in [0.5, 0.6) is 0 Å². The standard InChI is InChI=1S/C18H15Cl2N5O4S/c1-21-18(27)23-11-2-4-12(5-3-11)24-30(28,29)14-8-6-13(7-9-14)25-17(26)16(20)15(19)10-22-25/h2-10,24H,1H3,(H2,21,23,27). The molecule has 0 bridgehead atoms. The molecule has 2 amide bonds. The lowest BCUT2D eigenvalue weighted by molar-refractivity contribution is 0.254. The number of urea groups is 1. The number of aromatic nitrogens is 2. The van der Waals surface area contributed by atoms with Gasteiger partial charge < -0.3 is 10.6 Å². The Morgan fingerprint density at radius 1 is 1.00 bits per heavy atom. The predicted molar refractivity (Wildman–Crippen MR) is 115 cm³/mol. The second-order valence-corrected chi connectivity index (χ2v) is 8.37. The van der Waals surface area contributed by atoms with Crippen LogP contribution in [0.3, 0.4) is 0 Å². The highest BCUT2D eigenvalue weighted by Gasteiger charge is 2.15. The van der Waals surface area contributed by atoms with Crippen LogP contribution in [-0.2, 0) is 10.0 Å². The molecule has 1 heterocycles. The van der Waals surface area contributed by atoms with Gasteiger partial charge in [-0.15, -0.1) is 0 Å². The van der Waals surface area contributed by atoms with E-state index in [1.807, 2.05) is 0 Å². The second kappa shape index (κ2) is 8.74. The first kappa shape index (κ1) is 21.6. The monoisotopic (exact) mass is 467 g/mol. The summed E-state index contributed by atoms with van der Waals surface area (Å²) in [5.41, 5.74) is 0.510. The van der Waals surface area contributed by atoms with E-state index in [9.17, 15) is 18.0 Å². The first-order valence-corrected chi connectivity index (χ1v) is 10.6. The number of sulfonamides is 1. The number of nitrogens with zero attached hydrogens (tertiary/aromatic N) is 2. The maximum absolute atomic E-state index is 12.6. The summed E-state index contributed by atoms with van der Waals surface area (Å²) in [7, 11) is -2.40. The minimum atomic E-state index is -3.88. The summed E-state index contributed by atoms with van der Waals surface area (Å²) in [4.78, 5) is 23.4. The van der Waals surface area contributed by atoms with Gasteiger partial charge in [0.1, 0.15) is 5.02 Å². The smallest absolute Gasteiger partial charge is 0.318 e. The number of hydrogen-bond donors (Lipinski definition) is 3. The number of anilines is 2. The van der Waals surface area contributed by atoms with E-state index in [2.05, 4.69) is 20.5 Å². The summed E-state index contributed by atoms with van der Waals surface area (Å²) in [5, 5.41) is 8.72. The molecule has 0 atom stereocenters. The highest BCUT2D eigenvalue weighted by atomic mass is 35.5. The molecular formula is C18H15Cl2N5O4S. The van der Waals surface area contributed by atoms with Gasteiger partial charge in [-0.2, -0.15) is 9.78 Å². The molecule has 0 fully saturated rings. The summed E-state index contributed by atoms with van der Waals surface area (Å²) in [6, 6.07) is 11.2. The van der Waals surface area contributed by atoms with Crippen molar-refractivity contribution in [3.05, 3.63) is 75.1 Å². The number of amides is 2. The molecule has 1 aromatic heterocycles. The highest BCUT2D eigenvalue weighted by Crippen LogP contribution is 2.20. The van der Waals surface area contributed by atoms with Crippen molar-refractivity contribution < 1.29 is 13.2 Å². The molecule has 0 unspecified atom stereocenters.